The molecule has 154 valence electrons. The van der Waals surface area contributed by atoms with Gasteiger partial charge in [-0.25, -0.2) is 4.79 Å². The zero-order chi connectivity index (χ0) is 20.3. The van der Waals surface area contributed by atoms with Gasteiger partial charge >= 0.3 is 6.03 Å². The lowest BCUT2D eigenvalue weighted by Gasteiger charge is -2.44. The Labute approximate surface area is 170 Å². The Morgan fingerprint density at radius 1 is 1.14 bits per heavy atom. The molecule has 3 amide bonds. The van der Waals surface area contributed by atoms with E-state index in [1.54, 1.807) is 32.4 Å². The number of thioether (sulfide) groups is 1. The molecule has 0 radical (unpaired) electrons. The number of methoxy groups -OCH3 is 2. The van der Waals surface area contributed by atoms with Gasteiger partial charge in [-0.15, -0.1) is 11.8 Å². The van der Waals surface area contributed by atoms with Crippen LogP contribution in [0, 0.1) is 5.92 Å². The summed E-state index contributed by atoms with van der Waals surface area (Å²) in [5.41, 5.74) is 0.612. The van der Waals surface area contributed by atoms with Crippen molar-refractivity contribution in [1.29, 1.82) is 0 Å². The molecule has 0 unspecified atom stereocenters. The van der Waals surface area contributed by atoms with Crippen LogP contribution in [-0.2, 0) is 4.79 Å². The SMILES string of the molecule is COc1ccc(NC(=O)N2CCC3(CC2)SCCN3C(=O)C(C)C)c(OC)c1. The fourth-order valence-corrected chi connectivity index (χ4v) is 5.26. The highest BCUT2D eigenvalue weighted by Gasteiger charge is 2.47. The first-order valence-corrected chi connectivity index (χ1v) is 10.6. The summed E-state index contributed by atoms with van der Waals surface area (Å²) in [6.45, 7) is 5.95. The Hall–Kier alpha value is -2.09. The topological polar surface area (TPSA) is 71.1 Å². The predicted molar refractivity (Wildman–Crippen MR) is 111 cm³/mol. The minimum absolute atomic E-state index is 0.000518. The van der Waals surface area contributed by atoms with Gasteiger partial charge in [0.2, 0.25) is 5.91 Å². The first-order valence-electron chi connectivity index (χ1n) is 9.63. The summed E-state index contributed by atoms with van der Waals surface area (Å²) in [5, 5.41) is 2.93. The van der Waals surface area contributed by atoms with Crippen molar-refractivity contribution in [2.24, 2.45) is 5.92 Å². The van der Waals surface area contributed by atoms with Gasteiger partial charge in [-0.2, -0.15) is 0 Å². The first-order chi connectivity index (χ1) is 13.4. The summed E-state index contributed by atoms with van der Waals surface area (Å²) in [6, 6.07) is 5.15. The van der Waals surface area contributed by atoms with Crippen LogP contribution in [0.5, 0.6) is 11.5 Å². The second kappa shape index (κ2) is 8.51. The summed E-state index contributed by atoms with van der Waals surface area (Å²) < 4.78 is 10.5. The quantitative estimate of drug-likeness (QED) is 0.830. The molecule has 1 aromatic carbocycles. The van der Waals surface area contributed by atoms with Gasteiger partial charge in [0.05, 0.1) is 24.8 Å². The number of anilines is 1. The number of carbonyl (C=O) groups is 2. The van der Waals surface area contributed by atoms with E-state index in [2.05, 4.69) is 5.32 Å². The molecule has 0 aromatic heterocycles. The van der Waals surface area contributed by atoms with E-state index in [9.17, 15) is 9.59 Å². The molecular weight excluding hydrogens is 378 g/mol. The van der Waals surface area contributed by atoms with Gasteiger partial charge in [0, 0.05) is 37.4 Å². The van der Waals surface area contributed by atoms with E-state index in [4.69, 9.17) is 9.47 Å². The minimum Gasteiger partial charge on any atom is -0.497 e. The van der Waals surface area contributed by atoms with Crippen LogP contribution in [0.3, 0.4) is 0 Å². The largest absolute Gasteiger partial charge is 0.497 e. The normalized spacial score (nSPS) is 18.5. The van der Waals surface area contributed by atoms with Crippen molar-refractivity contribution in [2.75, 3.05) is 44.9 Å². The molecule has 7 nitrogen and oxygen atoms in total. The van der Waals surface area contributed by atoms with Crippen molar-refractivity contribution in [2.45, 2.75) is 31.6 Å². The second-order valence-corrected chi connectivity index (χ2v) is 8.88. The minimum atomic E-state index is -0.157. The molecule has 0 atom stereocenters. The van der Waals surface area contributed by atoms with Crippen LogP contribution in [-0.4, -0.2) is 66.2 Å². The molecule has 3 rings (SSSR count). The Kier molecular flexibility index (Phi) is 6.27. The standard InChI is InChI=1S/C20H29N3O4S/c1-14(2)18(24)23-11-12-28-20(23)7-9-22(10-8-20)19(25)21-16-6-5-15(26-3)13-17(16)27-4/h5-6,13-14H,7-12H2,1-4H3,(H,21,25). The monoisotopic (exact) mass is 407 g/mol. The molecule has 0 saturated carbocycles. The number of nitrogens with one attached hydrogen (secondary N) is 1. The number of urea groups is 1. The molecule has 2 heterocycles. The zero-order valence-corrected chi connectivity index (χ0v) is 17.8. The van der Waals surface area contributed by atoms with Crippen LogP contribution in [0.1, 0.15) is 26.7 Å². The number of ether oxygens (including phenoxy) is 2. The molecule has 0 aliphatic carbocycles. The molecule has 2 aliphatic heterocycles. The molecular formula is C20H29N3O4S. The van der Waals surface area contributed by atoms with E-state index in [1.807, 2.05) is 35.4 Å². The van der Waals surface area contributed by atoms with Crippen molar-refractivity contribution in [3.63, 3.8) is 0 Å². The lowest BCUT2D eigenvalue weighted by molar-refractivity contribution is -0.137. The predicted octanol–water partition coefficient (Wildman–Crippen LogP) is 3.26. The molecule has 28 heavy (non-hydrogen) atoms. The highest BCUT2D eigenvalue weighted by molar-refractivity contribution is 8.00. The molecule has 8 heteroatoms. The maximum absolute atomic E-state index is 12.8. The van der Waals surface area contributed by atoms with Crippen LogP contribution >= 0.6 is 11.8 Å². The van der Waals surface area contributed by atoms with Gasteiger partial charge in [0.1, 0.15) is 11.5 Å². The van der Waals surface area contributed by atoms with Crippen molar-refractivity contribution in [3.05, 3.63) is 18.2 Å². The van der Waals surface area contributed by atoms with E-state index in [0.717, 1.165) is 25.1 Å². The van der Waals surface area contributed by atoms with Crippen molar-refractivity contribution in [3.8, 4) is 11.5 Å². The Morgan fingerprint density at radius 3 is 2.46 bits per heavy atom. The third kappa shape index (κ3) is 4.01. The van der Waals surface area contributed by atoms with Crippen molar-refractivity contribution in [1.82, 2.24) is 9.80 Å². The molecule has 1 N–H and O–H groups in total. The van der Waals surface area contributed by atoms with Gasteiger partial charge in [-0.1, -0.05) is 13.8 Å². The smallest absolute Gasteiger partial charge is 0.321 e. The van der Waals surface area contributed by atoms with Crippen LogP contribution < -0.4 is 14.8 Å². The Bertz CT molecular complexity index is 732. The molecule has 2 fully saturated rings. The fraction of sp³-hybridized carbons (Fsp3) is 0.600. The third-order valence-corrected chi connectivity index (χ3v) is 6.97. The number of hydrogen-bond acceptors (Lipinski definition) is 5. The molecule has 0 bridgehead atoms. The first kappa shape index (κ1) is 20.6. The summed E-state index contributed by atoms with van der Waals surface area (Å²) in [7, 11) is 3.15. The van der Waals surface area contributed by atoms with Crippen LogP contribution in [0.4, 0.5) is 10.5 Å². The van der Waals surface area contributed by atoms with E-state index < -0.39 is 0 Å². The zero-order valence-electron chi connectivity index (χ0n) is 17.0. The van der Waals surface area contributed by atoms with E-state index in [1.165, 1.54) is 0 Å². The average molecular weight is 408 g/mol. The molecule has 2 saturated heterocycles. The van der Waals surface area contributed by atoms with Crippen LogP contribution in [0.2, 0.25) is 0 Å². The third-order valence-electron chi connectivity index (χ3n) is 5.42. The van der Waals surface area contributed by atoms with Gasteiger partial charge in [-0.05, 0) is 25.0 Å². The number of benzene rings is 1. The average Bonchev–Trinajstić information content (AvgIpc) is 3.10. The van der Waals surface area contributed by atoms with Gasteiger partial charge in [0.15, 0.2) is 0 Å². The number of piperidine rings is 1. The van der Waals surface area contributed by atoms with E-state index in [-0.39, 0.29) is 22.7 Å². The second-order valence-electron chi connectivity index (χ2n) is 7.42. The lowest BCUT2D eigenvalue weighted by Crippen LogP contribution is -2.55. The Morgan fingerprint density at radius 2 is 1.86 bits per heavy atom. The highest BCUT2D eigenvalue weighted by atomic mass is 32.2. The number of likely N-dealkylation sites (tertiary alicyclic amines) is 1. The highest BCUT2D eigenvalue weighted by Crippen LogP contribution is 2.44. The summed E-state index contributed by atoms with van der Waals surface area (Å²) in [4.78, 5) is 29.1. The van der Waals surface area contributed by atoms with E-state index in [0.29, 0.717) is 30.3 Å². The van der Waals surface area contributed by atoms with Crippen molar-refractivity contribution < 1.29 is 19.1 Å². The van der Waals surface area contributed by atoms with Gasteiger partial charge in [-0.3, -0.25) is 4.79 Å². The van der Waals surface area contributed by atoms with Crippen molar-refractivity contribution >= 4 is 29.4 Å². The summed E-state index contributed by atoms with van der Waals surface area (Å²) in [5.74, 6) is 2.41. The number of rotatable bonds is 4. The molecule has 1 spiro atoms. The number of hydrogen-bond donors (Lipinski definition) is 1. The number of nitrogens with zero attached hydrogens (tertiary/aromatic N) is 2. The maximum atomic E-state index is 12.8. The molecule has 1 aromatic rings. The summed E-state index contributed by atoms with van der Waals surface area (Å²) >= 11 is 1.86. The number of amides is 3. The van der Waals surface area contributed by atoms with E-state index >= 15 is 0 Å². The Balaban J connectivity index is 1.63. The summed E-state index contributed by atoms with van der Waals surface area (Å²) in [6.07, 6.45) is 1.59. The van der Waals surface area contributed by atoms with Gasteiger partial charge < -0.3 is 24.6 Å². The number of carbonyl (C=O) groups excluding carboxylic acids is 2. The fourth-order valence-electron chi connectivity index (χ4n) is 3.80. The lowest BCUT2D eigenvalue weighted by atomic mass is 10.0. The van der Waals surface area contributed by atoms with Gasteiger partial charge in [0.25, 0.3) is 0 Å². The molecule has 2 aliphatic rings. The maximum Gasteiger partial charge on any atom is 0.321 e. The van der Waals surface area contributed by atoms with Crippen LogP contribution in [0.25, 0.3) is 0 Å². The van der Waals surface area contributed by atoms with Crippen LogP contribution in [0.15, 0.2) is 18.2 Å².